The van der Waals surface area contributed by atoms with E-state index in [1.807, 2.05) is 0 Å². The summed E-state index contributed by atoms with van der Waals surface area (Å²) in [4.78, 5) is 10.8. The van der Waals surface area contributed by atoms with E-state index in [1.165, 1.54) is 0 Å². The van der Waals surface area contributed by atoms with Crippen LogP contribution in [0, 0.1) is 17.5 Å². The monoisotopic (exact) mass is 234 g/mol. The fourth-order valence-corrected chi connectivity index (χ4v) is 1.43. The topological polar surface area (TPSA) is 17.1 Å². The fraction of sp³-hybridized carbons (Fsp3) is 0.100. The summed E-state index contributed by atoms with van der Waals surface area (Å²) in [5, 5.41) is 0. The summed E-state index contributed by atoms with van der Waals surface area (Å²) in [6.07, 6.45) is 1.13. The van der Waals surface area contributed by atoms with Gasteiger partial charge in [-0.2, -0.15) is 8.78 Å². The van der Waals surface area contributed by atoms with Crippen molar-refractivity contribution < 1.29 is 26.7 Å². The summed E-state index contributed by atoms with van der Waals surface area (Å²) < 4.78 is 65.1. The zero-order chi connectivity index (χ0) is 12.1. The van der Waals surface area contributed by atoms with E-state index < -0.39 is 40.3 Å². The molecular formula is C10H3F5O. The molecule has 0 unspecified atom stereocenters. The highest BCUT2D eigenvalue weighted by atomic mass is 19.3. The van der Waals surface area contributed by atoms with Gasteiger partial charge in [0.15, 0.2) is 17.5 Å². The molecule has 16 heavy (non-hydrogen) atoms. The average molecular weight is 234 g/mol. The van der Waals surface area contributed by atoms with Crippen molar-refractivity contribution in [1.82, 2.24) is 0 Å². The van der Waals surface area contributed by atoms with Gasteiger partial charge in [0.1, 0.15) is 0 Å². The van der Waals surface area contributed by atoms with Crippen molar-refractivity contribution in [1.29, 1.82) is 0 Å². The first-order valence-electron chi connectivity index (χ1n) is 4.14. The van der Waals surface area contributed by atoms with Gasteiger partial charge >= 0.3 is 5.92 Å². The lowest BCUT2D eigenvalue weighted by Crippen LogP contribution is -2.28. The zero-order valence-corrected chi connectivity index (χ0v) is 7.53. The molecule has 0 saturated carbocycles. The third-order valence-electron chi connectivity index (χ3n) is 2.25. The number of benzene rings is 1. The Bertz CT molecular complexity index is 518. The predicted molar refractivity (Wildman–Crippen MR) is 44.3 cm³/mol. The Morgan fingerprint density at radius 1 is 1.00 bits per heavy atom. The number of allylic oxidation sites excluding steroid dienone is 1. The number of alkyl halides is 2. The number of carbonyl (C=O) groups is 1. The normalized spacial score (nSPS) is 17.4. The van der Waals surface area contributed by atoms with Crippen LogP contribution in [0.1, 0.15) is 11.1 Å². The minimum atomic E-state index is -4.03. The van der Waals surface area contributed by atoms with Gasteiger partial charge in [0, 0.05) is 11.1 Å². The molecule has 0 aromatic heterocycles. The molecule has 1 aliphatic rings. The molecule has 0 bridgehead atoms. The Morgan fingerprint density at radius 2 is 1.62 bits per heavy atom. The van der Waals surface area contributed by atoms with Crippen LogP contribution in [0.4, 0.5) is 22.0 Å². The van der Waals surface area contributed by atoms with Crippen LogP contribution in [-0.4, -0.2) is 5.78 Å². The van der Waals surface area contributed by atoms with Gasteiger partial charge in [-0.05, 0) is 18.2 Å². The largest absolute Gasteiger partial charge is 0.335 e. The molecule has 6 heteroatoms. The SMILES string of the molecule is O=C1C=Cc2c(cc(F)c(F)c2F)C1(F)F. The summed E-state index contributed by atoms with van der Waals surface area (Å²) in [7, 11) is 0. The Morgan fingerprint density at radius 3 is 2.25 bits per heavy atom. The highest BCUT2D eigenvalue weighted by Gasteiger charge is 2.44. The molecule has 2 rings (SSSR count). The summed E-state index contributed by atoms with van der Waals surface area (Å²) >= 11 is 0. The maximum atomic E-state index is 13.2. The van der Waals surface area contributed by atoms with Crippen molar-refractivity contribution in [3.63, 3.8) is 0 Å². The van der Waals surface area contributed by atoms with E-state index >= 15 is 0 Å². The third-order valence-corrected chi connectivity index (χ3v) is 2.25. The molecule has 0 heterocycles. The summed E-state index contributed by atoms with van der Waals surface area (Å²) in [6, 6.07) is 0.134. The molecule has 0 saturated heterocycles. The molecule has 0 aliphatic heterocycles. The van der Waals surface area contributed by atoms with E-state index in [0.717, 1.165) is 0 Å². The van der Waals surface area contributed by atoms with Crippen molar-refractivity contribution >= 4 is 11.9 Å². The van der Waals surface area contributed by atoms with E-state index in [-0.39, 0.29) is 6.07 Å². The number of hydrogen-bond donors (Lipinski definition) is 0. The van der Waals surface area contributed by atoms with Gasteiger partial charge in [-0.25, -0.2) is 13.2 Å². The average Bonchev–Trinajstić information content (AvgIpc) is 2.22. The van der Waals surface area contributed by atoms with Gasteiger partial charge < -0.3 is 0 Å². The lowest BCUT2D eigenvalue weighted by molar-refractivity contribution is -0.139. The number of hydrogen-bond acceptors (Lipinski definition) is 1. The molecule has 1 aromatic rings. The van der Waals surface area contributed by atoms with Gasteiger partial charge in [-0.1, -0.05) is 0 Å². The minimum Gasteiger partial charge on any atom is -0.288 e. The van der Waals surface area contributed by atoms with Crippen molar-refractivity contribution in [2.24, 2.45) is 0 Å². The molecule has 1 nitrogen and oxygen atoms in total. The lowest BCUT2D eigenvalue weighted by atomic mass is 9.92. The number of fused-ring (bicyclic) bond motifs is 1. The molecule has 1 aromatic carbocycles. The van der Waals surface area contributed by atoms with Gasteiger partial charge in [0.2, 0.25) is 5.78 Å². The first-order valence-corrected chi connectivity index (χ1v) is 4.14. The van der Waals surface area contributed by atoms with E-state index in [2.05, 4.69) is 0 Å². The molecular weight excluding hydrogens is 231 g/mol. The quantitative estimate of drug-likeness (QED) is 0.498. The number of ketones is 1. The second kappa shape index (κ2) is 3.13. The smallest absolute Gasteiger partial charge is 0.288 e. The number of halogens is 5. The Hall–Kier alpha value is -1.72. The van der Waals surface area contributed by atoms with Crippen molar-refractivity contribution in [3.8, 4) is 0 Å². The maximum Gasteiger partial charge on any atom is 0.335 e. The molecule has 0 spiro atoms. The second-order valence-corrected chi connectivity index (χ2v) is 3.22. The first-order chi connectivity index (χ1) is 7.35. The Kier molecular flexibility index (Phi) is 2.11. The lowest BCUT2D eigenvalue weighted by Gasteiger charge is -2.20. The van der Waals surface area contributed by atoms with Crippen LogP contribution in [0.25, 0.3) is 6.08 Å². The third kappa shape index (κ3) is 1.26. The molecule has 0 fully saturated rings. The van der Waals surface area contributed by atoms with Crippen LogP contribution in [0.15, 0.2) is 12.1 Å². The standard InChI is InChI=1S/C10H3F5O/c11-6-3-5-4(8(12)9(6)13)1-2-7(16)10(5,14)15/h1-3H. The van der Waals surface area contributed by atoms with Crippen LogP contribution >= 0.6 is 0 Å². The van der Waals surface area contributed by atoms with E-state index in [1.54, 1.807) is 0 Å². The summed E-state index contributed by atoms with van der Waals surface area (Å²) in [5.41, 5.74) is -1.96. The molecule has 0 radical (unpaired) electrons. The van der Waals surface area contributed by atoms with Crippen LogP contribution < -0.4 is 0 Å². The fourth-order valence-electron chi connectivity index (χ4n) is 1.43. The molecule has 0 N–H and O–H groups in total. The molecule has 0 atom stereocenters. The first kappa shape index (κ1) is 10.8. The van der Waals surface area contributed by atoms with Crippen LogP contribution in [-0.2, 0) is 10.7 Å². The van der Waals surface area contributed by atoms with Crippen molar-refractivity contribution in [3.05, 3.63) is 40.7 Å². The van der Waals surface area contributed by atoms with Gasteiger partial charge in [-0.15, -0.1) is 0 Å². The van der Waals surface area contributed by atoms with E-state index in [9.17, 15) is 26.7 Å². The number of carbonyl (C=O) groups excluding carboxylic acids is 1. The Balaban J connectivity index is 2.81. The van der Waals surface area contributed by atoms with Gasteiger partial charge in [-0.3, -0.25) is 4.79 Å². The van der Waals surface area contributed by atoms with Crippen LogP contribution in [0.2, 0.25) is 0 Å². The van der Waals surface area contributed by atoms with Gasteiger partial charge in [0.25, 0.3) is 0 Å². The van der Waals surface area contributed by atoms with Crippen molar-refractivity contribution in [2.45, 2.75) is 5.92 Å². The second-order valence-electron chi connectivity index (χ2n) is 3.22. The predicted octanol–water partition coefficient (Wildman–Crippen LogP) is 2.79. The van der Waals surface area contributed by atoms with Crippen LogP contribution in [0.3, 0.4) is 0 Å². The van der Waals surface area contributed by atoms with E-state index in [4.69, 9.17) is 0 Å². The van der Waals surface area contributed by atoms with E-state index in [0.29, 0.717) is 12.2 Å². The molecule has 0 amide bonds. The van der Waals surface area contributed by atoms with Gasteiger partial charge in [0.05, 0.1) is 0 Å². The minimum absolute atomic E-state index is 0.134. The van der Waals surface area contributed by atoms with Crippen LogP contribution in [0.5, 0.6) is 0 Å². The number of rotatable bonds is 0. The summed E-state index contributed by atoms with van der Waals surface area (Å²) in [5.74, 6) is -10.9. The highest BCUT2D eigenvalue weighted by molar-refractivity contribution is 6.02. The van der Waals surface area contributed by atoms with Crippen molar-refractivity contribution in [2.75, 3.05) is 0 Å². The molecule has 1 aliphatic carbocycles. The zero-order valence-electron chi connectivity index (χ0n) is 7.53. The highest BCUT2D eigenvalue weighted by Crippen LogP contribution is 2.38. The Labute approximate surface area is 86.2 Å². The summed E-state index contributed by atoms with van der Waals surface area (Å²) in [6.45, 7) is 0. The molecule has 84 valence electrons. The maximum absolute atomic E-state index is 13.2.